The fourth-order valence-corrected chi connectivity index (χ4v) is 3.40. The first-order chi connectivity index (χ1) is 10.4. The monoisotopic (exact) mass is 273 g/mol. The predicted molar refractivity (Wildman–Crippen MR) is 88.6 cm³/mol. The first-order valence-corrected chi connectivity index (χ1v) is 7.69. The second kappa shape index (κ2) is 5.34. The fourth-order valence-electron chi connectivity index (χ4n) is 3.40. The van der Waals surface area contributed by atoms with E-state index in [9.17, 15) is 0 Å². The molecule has 4 rings (SSSR count). The summed E-state index contributed by atoms with van der Waals surface area (Å²) in [5, 5.41) is 6.21. The van der Waals surface area contributed by atoms with E-state index in [0.29, 0.717) is 0 Å². The summed E-state index contributed by atoms with van der Waals surface area (Å²) >= 11 is 0. The van der Waals surface area contributed by atoms with Gasteiger partial charge < -0.3 is 5.32 Å². The second-order valence-electron chi connectivity index (χ2n) is 5.80. The van der Waals surface area contributed by atoms with E-state index < -0.39 is 0 Å². The first kappa shape index (κ1) is 12.6. The molecule has 0 unspecified atom stereocenters. The van der Waals surface area contributed by atoms with E-state index in [4.69, 9.17) is 0 Å². The molecule has 0 atom stereocenters. The molecule has 3 aromatic carbocycles. The Morgan fingerprint density at radius 1 is 0.810 bits per heavy atom. The highest BCUT2D eigenvalue weighted by Gasteiger charge is 2.13. The zero-order valence-corrected chi connectivity index (χ0v) is 12.1. The number of fused-ring (bicyclic) bond motifs is 2. The Morgan fingerprint density at radius 2 is 1.62 bits per heavy atom. The molecule has 1 N–H and O–H groups in total. The molecule has 21 heavy (non-hydrogen) atoms. The van der Waals surface area contributed by atoms with Gasteiger partial charge in [0, 0.05) is 6.54 Å². The van der Waals surface area contributed by atoms with E-state index in [1.807, 2.05) is 0 Å². The van der Waals surface area contributed by atoms with Crippen LogP contribution in [0.15, 0.2) is 60.7 Å². The Labute approximate surface area is 125 Å². The van der Waals surface area contributed by atoms with Crippen LogP contribution in [0.5, 0.6) is 0 Å². The van der Waals surface area contributed by atoms with Gasteiger partial charge in [-0.2, -0.15) is 0 Å². The molecular formula is C20H19N. The third-order valence-corrected chi connectivity index (χ3v) is 4.50. The average molecular weight is 273 g/mol. The molecule has 0 saturated heterocycles. The van der Waals surface area contributed by atoms with E-state index in [2.05, 4.69) is 66.0 Å². The summed E-state index contributed by atoms with van der Waals surface area (Å²) in [6.45, 7) is 2.11. The number of rotatable bonds is 2. The van der Waals surface area contributed by atoms with Crippen molar-refractivity contribution in [3.05, 3.63) is 82.9 Å². The molecule has 0 spiro atoms. The van der Waals surface area contributed by atoms with Gasteiger partial charge >= 0.3 is 0 Å². The molecule has 1 nitrogen and oxygen atoms in total. The lowest BCUT2D eigenvalue weighted by Crippen LogP contribution is -2.24. The molecule has 0 aliphatic carbocycles. The Hall–Kier alpha value is -2.12. The van der Waals surface area contributed by atoms with E-state index in [1.54, 1.807) is 0 Å². The van der Waals surface area contributed by atoms with Gasteiger partial charge in [0.15, 0.2) is 0 Å². The predicted octanol–water partition coefficient (Wildman–Crippen LogP) is 4.08. The Morgan fingerprint density at radius 3 is 2.62 bits per heavy atom. The smallest absolute Gasteiger partial charge is 0.0211 e. The van der Waals surface area contributed by atoms with Crippen LogP contribution in [0.2, 0.25) is 0 Å². The zero-order valence-electron chi connectivity index (χ0n) is 12.1. The Balaban J connectivity index is 1.79. The summed E-state index contributed by atoms with van der Waals surface area (Å²) in [6, 6.07) is 22.1. The van der Waals surface area contributed by atoms with Gasteiger partial charge in [0.05, 0.1) is 0 Å². The molecule has 1 heteroatoms. The molecule has 104 valence electrons. The van der Waals surface area contributed by atoms with Crippen molar-refractivity contribution < 1.29 is 0 Å². The van der Waals surface area contributed by atoms with Gasteiger partial charge in [-0.1, -0.05) is 60.7 Å². The van der Waals surface area contributed by atoms with Gasteiger partial charge in [0.25, 0.3) is 0 Å². The number of benzene rings is 3. The van der Waals surface area contributed by atoms with Crippen LogP contribution in [0, 0.1) is 0 Å². The van der Waals surface area contributed by atoms with Gasteiger partial charge in [0.1, 0.15) is 0 Å². The standard InChI is InChI=1S/C20H19N/c1-2-10-19-15(5-1)6-3-8-17(19)13-18-9-4-7-16-11-12-21-14-20(16)18/h1-10,21H,11-14H2. The minimum atomic E-state index is 1.01. The molecule has 0 fully saturated rings. The minimum Gasteiger partial charge on any atom is -0.312 e. The van der Waals surface area contributed by atoms with Gasteiger partial charge in [-0.25, -0.2) is 0 Å². The fraction of sp³-hybridized carbons (Fsp3) is 0.200. The molecule has 0 bridgehead atoms. The van der Waals surface area contributed by atoms with E-state index in [-0.39, 0.29) is 0 Å². The molecule has 1 aliphatic heterocycles. The van der Waals surface area contributed by atoms with Crippen LogP contribution in [-0.2, 0) is 19.4 Å². The highest BCUT2D eigenvalue weighted by atomic mass is 14.9. The molecule has 1 heterocycles. The van der Waals surface area contributed by atoms with Crippen molar-refractivity contribution >= 4 is 10.8 Å². The average Bonchev–Trinajstić information content (AvgIpc) is 2.56. The second-order valence-corrected chi connectivity index (χ2v) is 5.80. The van der Waals surface area contributed by atoms with E-state index >= 15 is 0 Å². The molecule has 0 saturated carbocycles. The number of nitrogens with one attached hydrogen (secondary N) is 1. The molecule has 0 radical (unpaired) electrons. The van der Waals surface area contributed by atoms with Crippen molar-refractivity contribution in [2.45, 2.75) is 19.4 Å². The summed E-state index contributed by atoms with van der Waals surface area (Å²) in [6.07, 6.45) is 2.17. The summed E-state index contributed by atoms with van der Waals surface area (Å²) in [4.78, 5) is 0. The van der Waals surface area contributed by atoms with Crippen molar-refractivity contribution in [2.75, 3.05) is 6.54 Å². The van der Waals surface area contributed by atoms with Gasteiger partial charge in [-0.15, -0.1) is 0 Å². The SMILES string of the molecule is c1cc2c(c(Cc3cccc4ccccc34)c1)CNCC2. The highest BCUT2D eigenvalue weighted by Crippen LogP contribution is 2.25. The van der Waals surface area contributed by atoms with Crippen molar-refractivity contribution in [3.63, 3.8) is 0 Å². The largest absolute Gasteiger partial charge is 0.312 e. The summed E-state index contributed by atoms with van der Waals surface area (Å²) in [5.74, 6) is 0. The van der Waals surface area contributed by atoms with Crippen LogP contribution in [0.4, 0.5) is 0 Å². The van der Waals surface area contributed by atoms with Gasteiger partial charge in [-0.3, -0.25) is 0 Å². The Kier molecular flexibility index (Phi) is 3.21. The lowest BCUT2D eigenvalue weighted by Gasteiger charge is -2.20. The molecule has 0 amide bonds. The third-order valence-electron chi connectivity index (χ3n) is 4.50. The molecular weight excluding hydrogens is 254 g/mol. The first-order valence-electron chi connectivity index (χ1n) is 7.69. The minimum absolute atomic E-state index is 1.01. The zero-order chi connectivity index (χ0) is 14.1. The lowest BCUT2D eigenvalue weighted by atomic mass is 9.91. The van der Waals surface area contributed by atoms with E-state index in [1.165, 1.54) is 33.0 Å². The molecule has 0 aromatic heterocycles. The number of hydrogen-bond donors (Lipinski definition) is 1. The normalized spacial score (nSPS) is 14.1. The summed E-state index contributed by atoms with van der Waals surface area (Å²) in [5.41, 5.74) is 5.92. The van der Waals surface area contributed by atoms with E-state index in [0.717, 1.165) is 25.9 Å². The maximum Gasteiger partial charge on any atom is 0.0211 e. The maximum atomic E-state index is 3.50. The highest BCUT2D eigenvalue weighted by molar-refractivity contribution is 5.86. The van der Waals surface area contributed by atoms with Crippen molar-refractivity contribution in [1.82, 2.24) is 5.32 Å². The topological polar surface area (TPSA) is 12.0 Å². The number of hydrogen-bond acceptors (Lipinski definition) is 1. The molecule has 1 aliphatic rings. The lowest BCUT2D eigenvalue weighted by molar-refractivity contribution is 0.639. The van der Waals surface area contributed by atoms with Crippen molar-refractivity contribution in [2.24, 2.45) is 0 Å². The summed E-state index contributed by atoms with van der Waals surface area (Å²) < 4.78 is 0. The van der Waals surface area contributed by atoms with Crippen LogP contribution >= 0.6 is 0 Å². The third kappa shape index (κ3) is 2.34. The van der Waals surface area contributed by atoms with Gasteiger partial charge in [-0.05, 0) is 52.4 Å². The quantitative estimate of drug-likeness (QED) is 0.742. The van der Waals surface area contributed by atoms with Crippen molar-refractivity contribution in [3.8, 4) is 0 Å². The van der Waals surface area contributed by atoms with Crippen LogP contribution in [0.3, 0.4) is 0 Å². The maximum absolute atomic E-state index is 3.50. The summed E-state index contributed by atoms with van der Waals surface area (Å²) in [7, 11) is 0. The van der Waals surface area contributed by atoms with Gasteiger partial charge in [0.2, 0.25) is 0 Å². The van der Waals surface area contributed by atoms with Crippen LogP contribution in [-0.4, -0.2) is 6.54 Å². The van der Waals surface area contributed by atoms with Crippen LogP contribution < -0.4 is 5.32 Å². The van der Waals surface area contributed by atoms with Crippen LogP contribution in [0.1, 0.15) is 22.3 Å². The molecule has 3 aromatic rings. The Bertz CT molecular complexity index is 783. The van der Waals surface area contributed by atoms with Crippen LogP contribution in [0.25, 0.3) is 10.8 Å². The van der Waals surface area contributed by atoms with Crippen molar-refractivity contribution in [1.29, 1.82) is 0 Å².